The standard InChI is InChI=1S/C17H27N3OS/c1-2-3-10-16(21)19-13-7-14-20(19)17(22)18-12-11-15-8-5-4-6-9-15/h2,8H,1,3-7,9-14H2,(H,18,22). The number of thiocarbonyl (C=S) groups is 1. The van der Waals surface area contributed by atoms with Gasteiger partial charge in [-0.2, -0.15) is 0 Å². The molecule has 1 aliphatic carbocycles. The Morgan fingerprint density at radius 2 is 2.14 bits per heavy atom. The minimum atomic E-state index is 0.136. The second-order valence-electron chi connectivity index (χ2n) is 5.91. The summed E-state index contributed by atoms with van der Waals surface area (Å²) >= 11 is 5.47. The first kappa shape index (κ1) is 17.0. The fourth-order valence-electron chi connectivity index (χ4n) is 2.99. The molecular formula is C17H27N3OS. The monoisotopic (exact) mass is 321 g/mol. The Morgan fingerprint density at radius 3 is 2.86 bits per heavy atom. The van der Waals surface area contributed by atoms with E-state index in [9.17, 15) is 4.79 Å². The minimum absolute atomic E-state index is 0.136. The maximum absolute atomic E-state index is 12.2. The first-order valence-corrected chi connectivity index (χ1v) is 8.77. The van der Waals surface area contributed by atoms with Crippen molar-refractivity contribution in [2.45, 2.75) is 51.4 Å². The quantitative estimate of drug-likeness (QED) is 0.602. The van der Waals surface area contributed by atoms with Crippen LogP contribution in [0.5, 0.6) is 0 Å². The predicted molar refractivity (Wildman–Crippen MR) is 94.2 cm³/mol. The van der Waals surface area contributed by atoms with Gasteiger partial charge in [-0.15, -0.1) is 6.58 Å². The van der Waals surface area contributed by atoms with E-state index in [0.717, 1.165) is 38.9 Å². The zero-order chi connectivity index (χ0) is 15.8. The maximum Gasteiger partial charge on any atom is 0.241 e. The molecule has 0 bridgehead atoms. The van der Waals surface area contributed by atoms with Gasteiger partial charge in [0.15, 0.2) is 5.11 Å². The van der Waals surface area contributed by atoms with E-state index in [-0.39, 0.29) is 5.91 Å². The normalized spacial score (nSPS) is 18.1. The summed E-state index contributed by atoms with van der Waals surface area (Å²) in [5.41, 5.74) is 1.54. The molecule has 1 saturated heterocycles. The van der Waals surface area contributed by atoms with Crippen LogP contribution >= 0.6 is 12.2 Å². The molecule has 4 nitrogen and oxygen atoms in total. The minimum Gasteiger partial charge on any atom is -0.361 e. The topological polar surface area (TPSA) is 35.6 Å². The van der Waals surface area contributed by atoms with Gasteiger partial charge in [-0.05, 0) is 57.2 Å². The third-order valence-electron chi connectivity index (χ3n) is 4.22. The van der Waals surface area contributed by atoms with Gasteiger partial charge in [0.25, 0.3) is 0 Å². The lowest BCUT2D eigenvalue weighted by Crippen LogP contribution is -2.49. The molecule has 0 spiro atoms. The van der Waals surface area contributed by atoms with E-state index >= 15 is 0 Å². The molecule has 1 amide bonds. The zero-order valence-electron chi connectivity index (χ0n) is 13.4. The van der Waals surface area contributed by atoms with Gasteiger partial charge in [-0.1, -0.05) is 17.7 Å². The lowest BCUT2D eigenvalue weighted by molar-refractivity contribution is -0.138. The number of hydrogen-bond donors (Lipinski definition) is 1. The van der Waals surface area contributed by atoms with Crippen LogP contribution in [-0.4, -0.2) is 40.7 Å². The second-order valence-corrected chi connectivity index (χ2v) is 6.30. The number of amides is 1. The van der Waals surface area contributed by atoms with Crippen molar-refractivity contribution in [1.29, 1.82) is 0 Å². The zero-order valence-corrected chi connectivity index (χ0v) is 14.2. The molecule has 1 fully saturated rings. The van der Waals surface area contributed by atoms with E-state index < -0.39 is 0 Å². The van der Waals surface area contributed by atoms with E-state index in [1.807, 2.05) is 5.01 Å². The van der Waals surface area contributed by atoms with Crippen LogP contribution in [-0.2, 0) is 4.79 Å². The molecule has 122 valence electrons. The molecular weight excluding hydrogens is 294 g/mol. The van der Waals surface area contributed by atoms with Gasteiger partial charge in [0.05, 0.1) is 0 Å². The van der Waals surface area contributed by atoms with Crippen LogP contribution in [0, 0.1) is 0 Å². The second kappa shape index (κ2) is 8.93. The lowest BCUT2D eigenvalue weighted by atomic mass is 9.97. The Labute approximate surface area is 139 Å². The number of hydrogen-bond acceptors (Lipinski definition) is 2. The number of rotatable bonds is 6. The summed E-state index contributed by atoms with van der Waals surface area (Å²) in [7, 11) is 0. The highest BCUT2D eigenvalue weighted by Crippen LogP contribution is 2.19. The summed E-state index contributed by atoms with van der Waals surface area (Å²) in [6.45, 7) is 6.12. The Balaban J connectivity index is 1.76. The molecule has 22 heavy (non-hydrogen) atoms. The van der Waals surface area contributed by atoms with Gasteiger partial charge in [-0.25, -0.2) is 0 Å². The molecule has 0 saturated carbocycles. The number of hydrazine groups is 1. The number of carbonyl (C=O) groups is 1. The van der Waals surface area contributed by atoms with Gasteiger partial charge >= 0.3 is 0 Å². The molecule has 2 rings (SSSR count). The number of nitrogens with zero attached hydrogens (tertiary/aromatic N) is 2. The van der Waals surface area contributed by atoms with Crippen molar-refractivity contribution in [3.8, 4) is 0 Å². The van der Waals surface area contributed by atoms with E-state index in [4.69, 9.17) is 12.2 Å². The average Bonchev–Trinajstić information content (AvgIpc) is 3.03. The van der Waals surface area contributed by atoms with Crippen molar-refractivity contribution in [3.05, 3.63) is 24.3 Å². The van der Waals surface area contributed by atoms with Crippen LogP contribution in [0.1, 0.15) is 51.4 Å². The van der Waals surface area contributed by atoms with Crippen molar-refractivity contribution in [1.82, 2.24) is 15.3 Å². The van der Waals surface area contributed by atoms with Gasteiger partial charge in [0, 0.05) is 26.1 Å². The van der Waals surface area contributed by atoms with Crippen LogP contribution in [0.25, 0.3) is 0 Å². The molecule has 0 radical (unpaired) electrons. The van der Waals surface area contributed by atoms with Crippen LogP contribution < -0.4 is 5.32 Å². The van der Waals surface area contributed by atoms with Crippen molar-refractivity contribution in [2.75, 3.05) is 19.6 Å². The SMILES string of the molecule is C=CCCC(=O)N1CCCN1C(=S)NCCC1=CCCCC1. The van der Waals surface area contributed by atoms with Crippen LogP contribution in [0.2, 0.25) is 0 Å². The Bertz CT molecular complexity index is 447. The summed E-state index contributed by atoms with van der Waals surface area (Å²) in [5.74, 6) is 0.136. The third-order valence-corrected chi connectivity index (χ3v) is 4.58. The lowest BCUT2D eigenvalue weighted by Gasteiger charge is -2.30. The molecule has 0 aromatic heterocycles. The Hall–Kier alpha value is -1.36. The fraction of sp³-hybridized carbons (Fsp3) is 0.647. The van der Waals surface area contributed by atoms with Crippen molar-refractivity contribution < 1.29 is 4.79 Å². The largest absolute Gasteiger partial charge is 0.361 e. The first-order chi connectivity index (χ1) is 10.7. The molecule has 1 N–H and O–H groups in total. The highest BCUT2D eigenvalue weighted by molar-refractivity contribution is 7.80. The van der Waals surface area contributed by atoms with Gasteiger partial charge in [0.2, 0.25) is 5.91 Å². The van der Waals surface area contributed by atoms with Crippen molar-refractivity contribution >= 4 is 23.2 Å². The smallest absolute Gasteiger partial charge is 0.241 e. The molecule has 0 atom stereocenters. The summed E-state index contributed by atoms with van der Waals surface area (Å²) < 4.78 is 0. The Morgan fingerprint density at radius 1 is 1.32 bits per heavy atom. The summed E-state index contributed by atoms with van der Waals surface area (Å²) in [5, 5.41) is 7.71. The number of nitrogens with one attached hydrogen (secondary N) is 1. The molecule has 0 aromatic rings. The van der Waals surface area contributed by atoms with Gasteiger partial charge in [-0.3, -0.25) is 14.8 Å². The van der Waals surface area contributed by atoms with E-state index in [1.165, 1.54) is 25.7 Å². The number of carbonyl (C=O) groups excluding carboxylic acids is 1. The highest BCUT2D eigenvalue weighted by atomic mass is 32.1. The van der Waals surface area contributed by atoms with E-state index in [1.54, 1.807) is 16.7 Å². The number of allylic oxidation sites excluding steroid dienone is 2. The van der Waals surface area contributed by atoms with Crippen LogP contribution in [0.4, 0.5) is 0 Å². The third kappa shape index (κ3) is 4.83. The highest BCUT2D eigenvalue weighted by Gasteiger charge is 2.27. The van der Waals surface area contributed by atoms with E-state index in [2.05, 4.69) is 18.0 Å². The molecule has 5 heteroatoms. The average molecular weight is 321 g/mol. The summed E-state index contributed by atoms with van der Waals surface area (Å²) in [6.07, 6.45) is 12.5. The van der Waals surface area contributed by atoms with Gasteiger partial charge in [0.1, 0.15) is 0 Å². The fourth-order valence-corrected chi connectivity index (χ4v) is 3.28. The Kier molecular flexibility index (Phi) is 6.90. The molecule has 2 aliphatic rings. The van der Waals surface area contributed by atoms with Gasteiger partial charge < -0.3 is 5.32 Å². The first-order valence-electron chi connectivity index (χ1n) is 8.37. The molecule has 1 aliphatic heterocycles. The predicted octanol–water partition coefficient (Wildman–Crippen LogP) is 3.17. The summed E-state index contributed by atoms with van der Waals surface area (Å²) in [4.78, 5) is 12.2. The van der Waals surface area contributed by atoms with Crippen molar-refractivity contribution in [3.63, 3.8) is 0 Å². The molecule has 1 heterocycles. The molecule has 0 aromatic carbocycles. The van der Waals surface area contributed by atoms with Crippen LogP contribution in [0.3, 0.4) is 0 Å². The maximum atomic E-state index is 12.2. The summed E-state index contributed by atoms with van der Waals surface area (Å²) in [6, 6.07) is 0. The molecule has 0 unspecified atom stereocenters. The van der Waals surface area contributed by atoms with Crippen molar-refractivity contribution in [2.24, 2.45) is 0 Å². The van der Waals surface area contributed by atoms with E-state index in [0.29, 0.717) is 11.5 Å². The van der Waals surface area contributed by atoms with Crippen LogP contribution in [0.15, 0.2) is 24.3 Å².